The first-order valence-corrected chi connectivity index (χ1v) is 4.65. The zero-order valence-corrected chi connectivity index (χ0v) is 7.55. The van der Waals surface area contributed by atoms with E-state index in [1.54, 1.807) is 7.05 Å². The first-order valence-electron chi connectivity index (χ1n) is 4.65. The molecule has 1 atom stereocenters. The van der Waals surface area contributed by atoms with Crippen LogP contribution in [0.4, 0.5) is 0 Å². The smallest absolute Gasteiger partial charge is 0.320 e. The van der Waals surface area contributed by atoms with E-state index >= 15 is 0 Å². The minimum atomic E-state index is -0.704. The fourth-order valence-corrected chi connectivity index (χ4v) is 2.03. The second-order valence-electron chi connectivity index (χ2n) is 3.50. The Labute approximate surface area is 73.2 Å². The van der Waals surface area contributed by atoms with Crippen LogP contribution < -0.4 is 5.32 Å². The van der Waals surface area contributed by atoms with E-state index in [4.69, 9.17) is 5.11 Å². The van der Waals surface area contributed by atoms with Gasteiger partial charge in [0, 0.05) is 0 Å². The van der Waals surface area contributed by atoms with Crippen LogP contribution in [0.25, 0.3) is 0 Å². The average Bonchev–Trinajstić information content (AvgIpc) is 2.07. The van der Waals surface area contributed by atoms with Crippen LogP contribution in [-0.4, -0.2) is 24.2 Å². The third-order valence-corrected chi connectivity index (χ3v) is 2.70. The first kappa shape index (κ1) is 9.52. The lowest BCUT2D eigenvalue weighted by Crippen LogP contribution is -2.41. The van der Waals surface area contributed by atoms with E-state index in [0.29, 0.717) is 5.92 Å². The van der Waals surface area contributed by atoms with Gasteiger partial charge in [-0.15, -0.1) is 0 Å². The zero-order valence-electron chi connectivity index (χ0n) is 7.55. The van der Waals surface area contributed by atoms with Crippen molar-refractivity contribution >= 4 is 5.97 Å². The quantitative estimate of drug-likeness (QED) is 0.671. The van der Waals surface area contributed by atoms with Crippen LogP contribution in [0.5, 0.6) is 0 Å². The van der Waals surface area contributed by atoms with Crippen LogP contribution >= 0.6 is 0 Å². The van der Waals surface area contributed by atoms with E-state index in [-0.39, 0.29) is 6.04 Å². The molecule has 1 rings (SSSR count). The minimum Gasteiger partial charge on any atom is -0.480 e. The van der Waals surface area contributed by atoms with Gasteiger partial charge in [0.1, 0.15) is 6.04 Å². The molecule has 12 heavy (non-hydrogen) atoms. The molecule has 0 heterocycles. The van der Waals surface area contributed by atoms with Crippen molar-refractivity contribution < 1.29 is 9.90 Å². The molecule has 1 fully saturated rings. The largest absolute Gasteiger partial charge is 0.480 e. The van der Waals surface area contributed by atoms with Crippen LogP contribution in [0.2, 0.25) is 0 Å². The predicted octanol–water partition coefficient (Wildman–Crippen LogP) is 1.24. The number of carboxylic acid groups (broad SMARTS) is 1. The Morgan fingerprint density at radius 3 is 2.42 bits per heavy atom. The number of likely N-dealkylation sites (N-methyl/N-ethyl adjacent to an activating group) is 1. The summed E-state index contributed by atoms with van der Waals surface area (Å²) in [5, 5.41) is 11.7. The molecule has 0 aliphatic heterocycles. The van der Waals surface area contributed by atoms with Gasteiger partial charge in [0.15, 0.2) is 0 Å². The summed E-state index contributed by atoms with van der Waals surface area (Å²) < 4.78 is 0. The summed E-state index contributed by atoms with van der Waals surface area (Å²) in [6.45, 7) is 0. The lowest BCUT2D eigenvalue weighted by Gasteiger charge is -2.26. The highest BCUT2D eigenvalue weighted by Crippen LogP contribution is 2.26. The Morgan fingerprint density at radius 1 is 1.42 bits per heavy atom. The van der Waals surface area contributed by atoms with E-state index in [0.717, 1.165) is 12.8 Å². The number of carbonyl (C=O) groups is 1. The van der Waals surface area contributed by atoms with Gasteiger partial charge in [-0.3, -0.25) is 4.79 Å². The van der Waals surface area contributed by atoms with E-state index < -0.39 is 5.97 Å². The van der Waals surface area contributed by atoms with E-state index in [1.165, 1.54) is 19.3 Å². The molecule has 1 unspecified atom stereocenters. The van der Waals surface area contributed by atoms with Crippen LogP contribution in [0.1, 0.15) is 32.1 Å². The third-order valence-electron chi connectivity index (χ3n) is 2.70. The number of carboxylic acids is 1. The van der Waals surface area contributed by atoms with Crippen molar-refractivity contribution in [1.82, 2.24) is 5.32 Å². The topological polar surface area (TPSA) is 49.3 Å². The van der Waals surface area contributed by atoms with Crippen molar-refractivity contribution in [3.63, 3.8) is 0 Å². The first-order chi connectivity index (χ1) is 5.75. The molecule has 0 amide bonds. The molecule has 3 heteroatoms. The third kappa shape index (κ3) is 2.21. The highest BCUT2D eigenvalue weighted by Gasteiger charge is 2.27. The van der Waals surface area contributed by atoms with Gasteiger partial charge in [-0.1, -0.05) is 19.3 Å². The molecule has 0 bridgehead atoms. The van der Waals surface area contributed by atoms with E-state index in [1.807, 2.05) is 0 Å². The van der Waals surface area contributed by atoms with Crippen molar-refractivity contribution in [2.24, 2.45) is 5.92 Å². The molecule has 0 aromatic heterocycles. The van der Waals surface area contributed by atoms with Crippen molar-refractivity contribution in [1.29, 1.82) is 0 Å². The van der Waals surface area contributed by atoms with Gasteiger partial charge in [0.25, 0.3) is 0 Å². The Balaban J connectivity index is 2.46. The minimum absolute atomic E-state index is 0.328. The van der Waals surface area contributed by atoms with Gasteiger partial charge >= 0.3 is 5.97 Å². The summed E-state index contributed by atoms with van der Waals surface area (Å²) in [5.74, 6) is -0.356. The number of hydrogen-bond acceptors (Lipinski definition) is 2. The summed E-state index contributed by atoms with van der Waals surface area (Å²) in [4.78, 5) is 10.8. The summed E-state index contributed by atoms with van der Waals surface area (Å²) in [7, 11) is 1.73. The Morgan fingerprint density at radius 2 is 2.00 bits per heavy atom. The molecular weight excluding hydrogens is 154 g/mol. The van der Waals surface area contributed by atoms with Gasteiger partial charge in [-0.05, 0) is 25.8 Å². The molecule has 70 valence electrons. The maximum atomic E-state index is 10.8. The number of rotatable bonds is 3. The number of aliphatic carboxylic acids is 1. The van der Waals surface area contributed by atoms with Crippen LogP contribution in [-0.2, 0) is 4.79 Å². The van der Waals surface area contributed by atoms with Crippen molar-refractivity contribution in [3.8, 4) is 0 Å². The summed E-state index contributed by atoms with van der Waals surface area (Å²) >= 11 is 0. The fraction of sp³-hybridized carbons (Fsp3) is 0.889. The van der Waals surface area contributed by atoms with Crippen LogP contribution in [0, 0.1) is 5.92 Å². The lowest BCUT2D eigenvalue weighted by molar-refractivity contribution is -0.141. The molecule has 0 aromatic rings. The molecule has 1 aliphatic carbocycles. The van der Waals surface area contributed by atoms with Crippen molar-refractivity contribution in [3.05, 3.63) is 0 Å². The molecule has 3 nitrogen and oxygen atoms in total. The van der Waals surface area contributed by atoms with Gasteiger partial charge < -0.3 is 10.4 Å². The Hall–Kier alpha value is -0.570. The number of nitrogens with one attached hydrogen (secondary N) is 1. The highest BCUT2D eigenvalue weighted by atomic mass is 16.4. The Kier molecular flexibility index (Phi) is 3.53. The molecule has 0 aromatic carbocycles. The number of hydrogen-bond donors (Lipinski definition) is 2. The maximum Gasteiger partial charge on any atom is 0.320 e. The van der Waals surface area contributed by atoms with Crippen molar-refractivity contribution in [2.45, 2.75) is 38.1 Å². The second-order valence-corrected chi connectivity index (χ2v) is 3.50. The summed E-state index contributed by atoms with van der Waals surface area (Å²) in [6, 6.07) is -0.328. The predicted molar refractivity (Wildman–Crippen MR) is 47.1 cm³/mol. The molecule has 0 radical (unpaired) electrons. The van der Waals surface area contributed by atoms with Crippen LogP contribution in [0.3, 0.4) is 0 Å². The van der Waals surface area contributed by atoms with Gasteiger partial charge in [-0.2, -0.15) is 0 Å². The molecule has 1 aliphatic rings. The van der Waals surface area contributed by atoms with Crippen LogP contribution in [0.15, 0.2) is 0 Å². The standard InChI is InChI=1S/C9H17NO2/c1-10-8(9(11)12)7-5-3-2-4-6-7/h7-8,10H,2-6H2,1H3,(H,11,12). The van der Waals surface area contributed by atoms with Gasteiger partial charge in [0.2, 0.25) is 0 Å². The SMILES string of the molecule is CNC(C(=O)O)C1CCCCC1. The van der Waals surface area contributed by atoms with Gasteiger partial charge in [0.05, 0.1) is 0 Å². The second kappa shape index (κ2) is 4.45. The summed E-state index contributed by atoms with van der Waals surface area (Å²) in [5.41, 5.74) is 0. The highest BCUT2D eigenvalue weighted by molar-refractivity contribution is 5.73. The molecule has 0 saturated heterocycles. The zero-order chi connectivity index (χ0) is 8.97. The summed E-state index contributed by atoms with van der Waals surface area (Å²) in [6.07, 6.45) is 5.79. The van der Waals surface area contributed by atoms with E-state index in [9.17, 15) is 4.79 Å². The monoisotopic (exact) mass is 171 g/mol. The fourth-order valence-electron chi connectivity index (χ4n) is 2.03. The molecule has 0 spiro atoms. The molecule has 2 N–H and O–H groups in total. The van der Waals surface area contributed by atoms with Gasteiger partial charge in [-0.25, -0.2) is 0 Å². The lowest BCUT2D eigenvalue weighted by atomic mass is 9.84. The maximum absolute atomic E-state index is 10.8. The Bertz CT molecular complexity index is 153. The molecule has 1 saturated carbocycles. The average molecular weight is 171 g/mol. The normalized spacial score (nSPS) is 22.1. The molecular formula is C9H17NO2. The van der Waals surface area contributed by atoms with E-state index in [2.05, 4.69) is 5.32 Å². The van der Waals surface area contributed by atoms with Crippen molar-refractivity contribution in [2.75, 3.05) is 7.05 Å².